The van der Waals surface area contributed by atoms with E-state index in [0.29, 0.717) is 19.4 Å². The Morgan fingerprint density at radius 2 is 1.53 bits per heavy atom. The first-order valence-electron chi connectivity index (χ1n) is 14.9. The standard InChI is InChI=1S/C34H40FN5O3/c1-24(2)20-30-33(42)38(19-18-29(26-10-6-4-7-11-26)27-12-8-5-9-13-27)22-31-39(30)32(41)23-37(3)40(31)34(43)36-21-25-14-16-28(35)17-15-25/h4-17,24,29-31H,18-23H2,1-3H3,(H,36,43)/t30-,31-/m0/s1. The molecule has 2 fully saturated rings. The van der Waals surface area contributed by atoms with Crippen molar-refractivity contribution in [3.63, 3.8) is 0 Å². The van der Waals surface area contributed by atoms with Gasteiger partial charge in [-0.25, -0.2) is 19.2 Å². The zero-order valence-electron chi connectivity index (χ0n) is 25.0. The number of urea groups is 1. The van der Waals surface area contributed by atoms with E-state index < -0.39 is 12.2 Å². The van der Waals surface area contributed by atoms with E-state index in [0.717, 1.165) is 5.56 Å². The number of halogens is 1. The number of hydrogen-bond acceptors (Lipinski definition) is 4. The van der Waals surface area contributed by atoms with Crippen molar-refractivity contribution >= 4 is 17.8 Å². The van der Waals surface area contributed by atoms with E-state index in [9.17, 15) is 18.8 Å². The number of hydrogen-bond donors (Lipinski definition) is 1. The Balaban J connectivity index is 1.40. The van der Waals surface area contributed by atoms with Crippen molar-refractivity contribution in [3.8, 4) is 0 Å². The molecule has 4 amide bonds. The maximum Gasteiger partial charge on any atom is 0.334 e. The Bertz CT molecular complexity index is 1360. The molecule has 0 spiro atoms. The number of carbonyl (C=O) groups excluding carboxylic acids is 3. The Kier molecular flexibility index (Phi) is 9.40. The third-order valence-electron chi connectivity index (χ3n) is 8.29. The number of likely N-dealkylation sites (N-methyl/N-ethyl adjacent to an activating group) is 1. The third-order valence-corrected chi connectivity index (χ3v) is 8.29. The maximum absolute atomic E-state index is 14.0. The average molecular weight is 586 g/mol. The minimum Gasteiger partial charge on any atom is -0.337 e. The molecule has 226 valence electrons. The van der Waals surface area contributed by atoms with Gasteiger partial charge in [-0.1, -0.05) is 86.6 Å². The fraction of sp³-hybridized carbons (Fsp3) is 0.382. The van der Waals surface area contributed by atoms with Crippen molar-refractivity contribution < 1.29 is 18.8 Å². The summed E-state index contributed by atoms with van der Waals surface area (Å²) in [4.78, 5) is 44.5. The molecule has 2 aliphatic rings. The summed E-state index contributed by atoms with van der Waals surface area (Å²) in [5, 5.41) is 6.11. The molecule has 0 aliphatic carbocycles. The van der Waals surface area contributed by atoms with Gasteiger partial charge in [-0.3, -0.25) is 9.59 Å². The van der Waals surface area contributed by atoms with Gasteiger partial charge in [-0.15, -0.1) is 0 Å². The summed E-state index contributed by atoms with van der Waals surface area (Å²) in [5.41, 5.74) is 3.11. The fourth-order valence-electron chi connectivity index (χ4n) is 6.22. The Morgan fingerprint density at radius 1 is 0.930 bits per heavy atom. The lowest BCUT2D eigenvalue weighted by Crippen LogP contribution is -2.76. The minimum absolute atomic E-state index is 0.00751. The van der Waals surface area contributed by atoms with Crippen LogP contribution in [0, 0.1) is 11.7 Å². The number of hydrazine groups is 1. The van der Waals surface area contributed by atoms with Crippen LogP contribution in [0.5, 0.6) is 0 Å². The number of nitrogens with zero attached hydrogens (tertiary/aromatic N) is 4. The van der Waals surface area contributed by atoms with E-state index in [1.165, 1.54) is 23.3 Å². The first-order chi connectivity index (χ1) is 20.7. The first kappa shape index (κ1) is 30.2. The summed E-state index contributed by atoms with van der Waals surface area (Å²) < 4.78 is 13.4. The van der Waals surface area contributed by atoms with Gasteiger partial charge in [0.15, 0.2) is 0 Å². The minimum atomic E-state index is -0.653. The van der Waals surface area contributed by atoms with E-state index in [4.69, 9.17) is 0 Å². The van der Waals surface area contributed by atoms with Gasteiger partial charge in [-0.2, -0.15) is 0 Å². The topological polar surface area (TPSA) is 76.2 Å². The molecule has 1 N–H and O–H groups in total. The second kappa shape index (κ2) is 13.4. The molecule has 0 radical (unpaired) electrons. The van der Waals surface area contributed by atoms with Crippen LogP contribution in [-0.4, -0.2) is 76.6 Å². The highest BCUT2D eigenvalue weighted by atomic mass is 19.1. The molecule has 3 aromatic rings. The molecule has 0 saturated carbocycles. The molecule has 8 nitrogen and oxygen atoms in total. The molecule has 0 bridgehead atoms. The van der Waals surface area contributed by atoms with E-state index in [1.807, 2.05) is 55.1 Å². The van der Waals surface area contributed by atoms with Crippen LogP contribution in [0.1, 0.15) is 49.3 Å². The van der Waals surface area contributed by atoms with Gasteiger partial charge < -0.3 is 15.1 Å². The van der Waals surface area contributed by atoms with Crippen LogP contribution in [0.15, 0.2) is 84.9 Å². The molecule has 0 aromatic heterocycles. The SMILES string of the molecule is CC(C)C[C@H]1C(=O)N(CCC(c2ccccc2)c2ccccc2)C[C@H]2N1C(=O)CN(C)N2C(=O)NCc1ccc(F)cc1. The van der Waals surface area contributed by atoms with Crippen LogP contribution >= 0.6 is 0 Å². The molecular formula is C34H40FN5O3. The first-order valence-corrected chi connectivity index (χ1v) is 14.9. The van der Waals surface area contributed by atoms with E-state index in [-0.39, 0.29) is 55.1 Å². The smallest absolute Gasteiger partial charge is 0.334 e. The highest BCUT2D eigenvalue weighted by Gasteiger charge is 2.50. The zero-order valence-corrected chi connectivity index (χ0v) is 25.0. The lowest BCUT2D eigenvalue weighted by atomic mass is 9.88. The summed E-state index contributed by atoms with van der Waals surface area (Å²) in [6.07, 6.45) is 0.557. The van der Waals surface area contributed by atoms with Gasteiger partial charge in [0.2, 0.25) is 11.8 Å². The average Bonchev–Trinajstić information content (AvgIpc) is 2.99. The van der Waals surface area contributed by atoms with Crippen molar-refractivity contribution in [1.29, 1.82) is 0 Å². The van der Waals surface area contributed by atoms with Gasteiger partial charge in [-0.05, 0) is 47.6 Å². The monoisotopic (exact) mass is 585 g/mol. The Hall–Kier alpha value is -4.24. The molecule has 3 aromatic carbocycles. The van der Waals surface area contributed by atoms with Crippen molar-refractivity contribution in [2.24, 2.45) is 5.92 Å². The Morgan fingerprint density at radius 3 is 2.12 bits per heavy atom. The predicted molar refractivity (Wildman–Crippen MR) is 163 cm³/mol. The second-order valence-corrected chi connectivity index (χ2v) is 11.8. The van der Waals surface area contributed by atoms with Crippen LogP contribution in [0.4, 0.5) is 9.18 Å². The van der Waals surface area contributed by atoms with Crippen molar-refractivity contribution in [2.45, 2.75) is 51.4 Å². The number of nitrogens with one attached hydrogen (secondary N) is 1. The highest BCUT2D eigenvalue weighted by Crippen LogP contribution is 2.32. The van der Waals surface area contributed by atoms with Gasteiger partial charge in [0.05, 0.1) is 13.1 Å². The van der Waals surface area contributed by atoms with Crippen molar-refractivity contribution in [1.82, 2.24) is 25.1 Å². The molecule has 2 aliphatic heterocycles. The summed E-state index contributed by atoms with van der Waals surface area (Å²) in [6.45, 7) is 4.97. The molecule has 2 atom stereocenters. The summed E-state index contributed by atoms with van der Waals surface area (Å²) in [6, 6.07) is 25.5. The predicted octanol–water partition coefficient (Wildman–Crippen LogP) is 4.83. The maximum atomic E-state index is 14.0. The van der Waals surface area contributed by atoms with E-state index in [2.05, 4.69) is 29.6 Å². The number of rotatable bonds is 9. The van der Waals surface area contributed by atoms with Gasteiger partial charge in [0.1, 0.15) is 18.0 Å². The molecule has 2 heterocycles. The largest absolute Gasteiger partial charge is 0.337 e. The molecular weight excluding hydrogens is 545 g/mol. The second-order valence-electron chi connectivity index (χ2n) is 11.8. The van der Waals surface area contributed by atoms with Gasteiger partial charge in [0.25, 0.3) is 0 Å². The van der Waals surface area contributed by atoms with E-state index >= 15 is 0 Å². The summed E-state index contributed by atoms with van der Waals surface area (Å²) >= 11 is 0. The van der Waals surface area contributed by atoms with Crippen LogP contribution in [0.3, 0.4) is 0 Å². The van der Waals surface area contributed by atoms with Gasteiger partial charge >= 0.3 is 6.03 Å². The van der Waals surface area contributed by atoms with E-state index in [1.54, 1.807) is 34.1 Å². The van der Waals surface area contributed by atoms with Crippen LogP contribution < -0.4 is 5.32 Å². The van der Waals surface area contributed by atoms with Crippen LogP contribution in [-0.2, 0) is 16.1 Å². The summed E-state index contributed by atoms with van der Waals surface area (Å²) in [7, 11) is 1.71. The fourth-order valence-corrected chi connectivity index (χ4v) is 6.22. The van der Waals surface area contributed by atoms with Crippen LogP contribution in [0.25, 0.3) is 0 Å². The number of benzene rings is 3. The molecule has 9 heteroatoms. The lowest BCUT2D eigenvalue weighted by Gasteiger charge is -2.54. The molecule has 5 rings (SSSR count). The number of carbonyl (C=O) groups is 3. The van der Waals surface area contributed by atoms with Crippen molar-refractivity contribution in [2.75, 3.05) is 26.7 Å². The highest BCUT2D eigenvalue weighted by molar-refractivity contribution is 5.91. The Labute approximate surface area is 253 Å². The van der Waals surface area contributed by atoms with Gasteiger partial charge in [0, 0.05) is 26.1 Å². The number of amides is 4. The molecule has 0 unspecified atom stereocenters. The molecule has 43 heavy (non-hydrogen) atoms. The zero-order chi connectivity index (χ0) is 30.5. The molecule has 2 saturated heterocycles. The number of piperazine rings is 1. The quantitative estimate of drug-likeness (QED) is 0.390. The van der Waals surface area contributed by atoms with Crippen molar-refractivity contribution in [3.05, 3.63) is 107 Å². The number of fused-ring (bicyclic) bond motifs is 1. The normalized spacial score (nSPS) is 19.3. The third kappa shape index (κ3) is 6.88. The lowest BCUT2D eigenvalue weighted by molar-refractivity contribution is -0.188. The summed E-state index contributed by atoms with van der Waals surface area (Å²) in [5.74, 6) is -0.328. The van der Waals surface area contributed by atoms with Crippen LogP contribution in [0.2, 0.25) is 0 Å².